The number of carbonyl (C=O) groups excluding carboxylic acids is 1. The van der Waals surface area contributed by atoms with Crippen LogP contribution in [-0.4, -0.2) is 35.1 Å². The molecule has 3 rings (SSSR count). The molecule has 1 aromatic heterocycles. The molecular formula is C15H22N4O2. The van der Waals surface area contributed by atoms with Crippen LogP contribution in [0.25, 0.3) is 0 Å². The molecule has 0 atom stereocenters. The van der Waals surface area contributed by atoms with Gasteiger partial charge >= 0.3 is 0 Å². The third kappa shape index (κ3) is 3.50. The Kier molecular flexibility index (Phi) is 4.34. The van der Waals surface area contributed by atoms with Crippen LogP contribution in [0.2, 0.25) is 0 Å². The van der Waals surface area contributed by atoms with Crippen LogP contribution in [0.5, 0.6) is 0 Å². The van der Waals surface area contributed by atoms with E-state index < -0.39 is 5.91 Å². The van der Waals surface area contributed by atoms with Crippen LogP contribution in [0.3, 0.4) is 0 Å². The molecular weight excluding hydrogens is 268 g/mol. The van der Waals surface area contributed by atoms with Crippen LogP contribution in [-0.2, 0) is 11.2 Å². The molecule has 114 valence electrons. The van der Waals surface area contributed by atoms with Crippen molar-refractivity contribution in [3.63, 3.8) is 0 Å². The third-order valence-electron chi connectivity index (χ3n) is 4.39. The van der Waals surface area contributed by atoms with E-state index in [2.05, 4.69) is 15.3 Å². The summed E-state index contributed by atoms with van der Waals surface area (Å²) in [5, 5.41) is 3.34. The smallest absolute Gasteiger partial charge is 0.252 e. The second kappa shape index (κ2) is 6.39. The van der Waals surface area contributed by atoms with Crippen LogP contribution in [0.15, 0.2) is 6.20 Å². The molecule has 6 heteroatoms. The average Bonchev–Trinajstić information content (AvgIpc) is 2.44. The van der Waals surface area contributed by atoms with E-state index >= 15 is 0 Å². The van der Waals surface area contributed by atoms with Crippen molar-refractivity contribution in [1.29, 1.82) is 0 Å². The largest absolute Gasteiger partial charge is 0.381 e. The highest BCUT2D eigenvalue weighted by Gasteiger charge is 2.22. The molecule has 0 spiro atoms. The highest BCUT2D eigenvalue weighted by molar-refractivity contribution is 5.93. The summed E-state index contributed by atoms with van der Waals surface area (Å²) in [5.74, 6) is 0.789. The van der Waals surface area contributed by atoms with Gasteiger partial charge in [-0.25, -0.2) is 9.97 Å². The summed E-state index contributed by atoms with van der Waals surface area (Å²) in [6.45, 7) is 1.54. The summed E-state index contributed by atoms with van der Waals surface area (Å²) in [4.78, 5) is 20.3. The zero-order valence-corrected chi connectivity index (χ0v) is 12.2. The van der Waals surface area contributed by atoms with Gasteiger partial charge in [-0.2, -0.15) is 0 Å². The maximum Gasteiger partial charge on any atom is 0.252 e. The van der Waals surface area contributed by atoms with E-state index in [4.69, 9.17) is 10.5 Å². The Morgan fingerprint density at radius 3 is 2.71 bits per heavy atom. The molecule has 1 aromatic rings. The lowest BCUT2D eigenvalue weighted by Gasteiger charge is -2.26. The Balaban J connectivity index is 1.74. The molecule has 2 fully saturated rings. The van der Waals surface area contributed by atoms with Crippen LogP contribution in [0.4, 0.5) is 5.95 Å². The Labute approximate surface area is 124 Å². The van der Waals surface area contributed by atoms with Crippen molar-refractivity contribution in [3.8, 4) is 0 Å². The summed E-state index contributed by atoms with van der Waals surface area (Å²) in [6.07, 6.45) is 8.00. The number of hydrogen-bond acceptors (Lipinski definition) is 5. The Hall–Kier alpha value is -1.69. The highest BCUT2D eigenvalue weighted by Crippen LogP contribution is 2.30. The molecule has 1 aliphatic carbocycles. The Morgan fingerprint density at radius 2 is 2.10 bits per heavy atom. The number of ether oxygens (including phenoxy) is 1. The topological polar surface area (TPSA) is 90.1 Å². The lowest BCUT2D eigenvalue weighted by molar-refractivity contribution is 0.0903. The summed E-state index contributed by atoms with van der Waals surface area (Å²) >= 11 is 0. The van der Waals surface area contributed by atoms with E-state index in [1.165, 1.54) is 19.3 Å². The van der Waals surface area contributed by atoms with Crippen LogP contribution in [0.1, 0.15) is 48.2 Å². The molecule has 1 aliphatic heterocycles. The molecule has 0 radical (unpaired) electrons. The minimum atomic E-state index is -0.443. The highest BCUT2D eigenvalue weighted by atomic mass is 16.5. The standard InChI is InChI=1S/C15H22N4O2/c16-14(20)12-9-17-15(18-11-4-6-21-7-5-11)19-13(12)8-10-2-1-3-10/h9-11H,1-8H2,(H2,16,20)(H,17,18,19). The first-order chi connectivity index (χ1) is 10.2. The van der Waals surface area contributed by atoms with E-state index in [-0.39, 0.29) is 0 Å². The van der Waals surface area contributed by atoms with E-state index in [0.717, 1.165) is 38.2 Å². The van der Waals surface area contributed by atoms with Gasteiger partial charge in [-0.05, 0) is 25.2 Å². The molecule has 3 N–H and O–H groups in total. The summed E-state index contributed by atoms with van der Waals surface area (Å²) in [7, 11) is 0. The first kappa shape index (κ1) is 14.3. The average molecular weight is 290 g/mol. The van der Waals surface area contributed by atoms with Gasteiger partial charge in [0.25, 0.3) is 5.91 Å². The van der Waals surface area contributed by atoms with Gasteiger partial charge in [-0.3, -0.25) is 4.79 Å². The fourth-order valence-corrected chi connectivity index (χ4v) is 2.84. The number of rotatable bonds is 5. The van der Waals surface area contributed by atoms with Crippen LogP contribution >= 0.6 is 0 Å². The van der Waals surface area contributed by atoms with E-state index in [9.17, 15) is 4.79 Å². The monoisotopic (exact) mass is 290 g/mol. The molecule has 0 unspecified atom stereocenters. The van der Waals surface area contributed by atoms with Gasteiger partial charge in [-0.1, -0.05) is 19.3 Å². The SMILES string of the molecule is NC(=O)c1cnc(NC2CCOCC2)nc1CC1CCC1. The number of primary amides is 1. The zero-order valence-electron chi connectivity index (χ0n) is 12.2. The second-order valence-electron chi connectivity index (χ2n) is 5.95. The molecule has 2 aliphatic rings. The number of carbonyl (C=O) groups is 1. The van der Waals surface area contributed by atoms with Gasteiger partial charge in [0.1, 0.15) is 0 Å². The van der Waals surface area contributed by atoms with E-state index in [1.807, 2.05) is 0 Å². The Bertz CT molecular complexity index is 510. The van der Waals surface area contributed by atoms with Gasteiger partial charge in [0, 0.05) is 25.5 Å². The van der Waals surface area contributed by atoms with Gasteiger partial charge in [0.2, 0.25) is 5.95 Å². The molecule has 2 heterocycles. The molecule has 1 saturated heterocycles. The number of nitrogens with zero attached hydrogens (tertiary/aromatic N) is 2. The number of amides is 1. The van der Waals surface area contributed by atoms with E-state index in [1.54, 1.807) is 6.20 Å². The van der Waals surface area contributed by atoms with Crippen molar-refractivity contribution in [2.45, 2.75) is 44.6 Å². The molecule has 6 nitrogen and oxygen atoms in total. The molecule has 0 bridgehead atoms. The maximum atomic E-state index is 11.5. The van der Waals surface area contributed by atoms with Gasteiger partial charge < -0.3 is 15.8 Å². The Morgan fingerprint density at radius 1 is 1.33 bits per heavy atom. The molecule has 1 amide bonds. The minimum Gasteiger partial charge on any atom is -0.381 e. The van der Waals surface area contributed by atoms with Crippen molar-refractivity contribution in [3.05, 3.63) is 17.5 Å². The van der Waals surface area contributed by atoms with E-state index in [0.29, 0.717) is 23.5 Å². The predicted octanol–water partition coefficient (Wildman–Crippen LogP) is 1.51. The van der Waals surface area contributed by atoms with Gasteiger partial charge in [0.05, 0.1) is 11.3 Å². The van der Waals surface area contributed by atoms with Crippen molar-refractivity contribution < 1.29 is 9.53 Å². The quantitative estimate of drug-likeness (QED) is 0.858. The second-order valence-corrected chi connectivity index (χ2v) is 5.95. The lowest BCUT2D eigenvalue weighted by atomic mass is 9.81. The fraction of sp³-hybridized carbons (Fsp3) is 0.667. The number of anilines is 1. The molecule has 0 aromatic carbocycles. The molecule has 21 heavy (non-hydrogen) atoms. The summed E-state index contributed by atoms with van der Waals surface area (Å²) in [6, 6.07) is 0.342. The number of nitrogens with two attached hydrogens (primary N) is 1. The number of hydrogen-bond donors (Lipinski definition) is 2. The van der Waals surface area contributed by atoms with Gasteiger partial charge in [0.15, 0.2) is 0 Å². The van der Waals surface area contributed by atoms with Crippen LogP contribution in [0, 0.1) is 5.92 Å². The van der Waals surface area contributed by atoms with Gasteiger partial charge in [-0.15, -0.1) is 0 Å². The number of aromatic nitrogens is 2. The third-order valence-corrected chi connectivity index (χ3v) is 4.39. The predicted molar refractivity (Wildman–Crippen MR) is 79.1 cm³/mol. The van der Waals surface area contributed by atoms with Crippen molar-refractivity contribution in [2.24, 2.45) is 11.7 Å². The minimum absolute atomic E-state index is 0.342. The number of nitrogens with one attached hydrogen (secondary N) is 1. The van der Waals surface area contributed by atoms with Crippen LogP contribution < -0.4 is 11.1 Å². The summed E-state index contributed by atoms with van der Waals surface area (Å²) < 4.78 is 5.34. The maximum absolute atomic E-state index is 11.5. The first-order valence-corrected chi connectivity index (χ1v) is 7.72. The van der Waals surface area contributed by atoms with Crippen molar-refractivity contribution in [2.75, 3.05) is 18.5 Å². The fourth-order valence-electron chi connectivity index (χ4n) is 2.84. The normalized spacial score (nSPS) is 20.0. The zero-order chi connectivity index (χ0) is 14.7. The first-order valence-electron chi connectivity index (χ1n) is 7.72. The van der Waals surface area contributed by atoms with Crippen molar-refractivity contribution >= 4 is 11.9 Å². The molecule has 1 saturated carbocycles. The van der Waals surface area contributed by atoms with Crippen molar-refractivity contribution in [1.82, 2.24) is 9.97 Å². The lowest BCUT2D eigenvalue weighted by Crippen LogP contribution is -2.29. The summed E-state index contributed by atoms with van der Waals surface area (Å²) in [5.41, 5.74) is 6.67.